The highest BCUT2D eigenvalue weighted by molar-refractivity contribution is 5.85. The Kier molecular flexibility index (Phi) is 9.11. The van der Waals surface area contributed by atoms with Gasteiger partial charge in [0.2, 0.25) is 0 Å². The number of rotatable bonds is 3. The SMILES string of the molecule is COC(=O)C(C)Nc1cccnc1.Cl.Cl. The van der Waals surface area contributed by atoms with E-state index >= 15 is 0 Å². The minimum Gasteiger partial charge on any atom is -0.467 e. The van der Waals surface area contributed by atoms with Gasteiger partial charge >= 0.3 is 5.97 Å². The van der Waals surface area contributed by atoms with Crippen molar-refractivity contribution in [1.82, 2.24) is 4.98 Å². The number of anilines is 1. The zero-order valence-corrected chi connectivity index (χ0v) is 10.1. The van der Waals surface area contributed by atoms with Crippen LogP contribution in [-0.2, 0) is 9.53 Å². The number of methoxy groups -OCH3 is 1. The summed E-state index contributed by atoms with van der Waals surface area (Å²) in [7, 11) is 1.36. The molecule has 0 fully saturated rings. The number of nitrogens with one attached hydrogen (secondary N) is 1. The van der Waals surface area contributed by atoms with Crippen LogP contribution in [0.25, 0.3) is 0 Å². The molecule has 0 aliphatic rings. The first-order valence-corrected chi connectivity index (χ1v) is 3.98. The van der Waals surface area contributed by atoms with E-state index in [2.05, 4.69) is 15.0 Å². The molecule has 0 aliphatic carbocycles. The summed E-state index contributed by atoms with van der Waals surface area (Å²) in [6.07, 6.45) is 3.33. The Morgan fingerprint density at radius 2 is 2.20 bits per heavy atom. The van der Waals surface area contributed by atoms with Crippen LogP contribution >= 0.6 is 24.8 Å². The van der Waals surface area contributed by atoms with Crippen LogP contribution in [0.1, 0.15) is 6.92 Å². The van der Waals surface area contributed by atoms with Crippen molar-refractivity contribution < 1.29 is 9.53 Å². The molecule has 1 heterocycles. The lowest BCUT2D eigenvalue weighted by Gasteiger charge is -2.11. The second-order valence-corrected chi connectivity index (χ2v) is 2.63. The minimum atomic E-state index is -0.353. The average Bonchev–Trinajstić information content (AvgIpc) is 2.18. The van der Waals surface area contributed by atoms with Gasteiger partial charge in [-0.25, -0.2) is 4.79 Å². The van der Waals surface area contributed by atoms with Gasteiger partial charge in [0, 0.05) is 12.4 Å². The molecular formula is C9H14Cl2N2O2. The van der Waals surface area contributed by atoms with Crippen LogP contribution < -0.4 is 5.32 Å². The average molecular weight is 253 g/mol. The monoisotopic (exact) mass is 252 g/mol. The fourth-order valence-electron chi connectivity index (χ4n) is 0.934. The van der Waals surface area contributed by atoms with Crippen molar-refractivity contribution >= 4 is 36.5 Å². The van der Waals surface area contributed by atoms with Gasteiger partial charge in [-0.2, -0.15) is 0 Å². The maximum atomic E-state index is 11.0. The first-order valence-electron chi connectivity index (χ1n) is 3.98. The quantitative estimate of drug-likeness (QED) is 0.836. The van der Waals surface area contributed by atoms with E-state index in [-0.39, 0.29) is 36.8 Å². The fourth-order valence-corrected chi connectivity index (χ4v) is 0.934. The number of ether oxygens (including phenoxy) is 1. The third-order valence-corrected chi connectivity index (χ3v) is 1.60. The van der Waals surface area contributed by atoms with E-state index < -0.39 is 0 Å². The summed E-state index contributed by atoms with van der Waals surface area (Å²) in [5.41, 5.74) is 0.806. The molecule has 0 aromatic carbocycles. The molecule has 1 N–H and O–H groups in total. The van der Waals surface area contributed by atoms with Gasteiger partial charge in [-0.15, -0.1) is 24.8 Å². The van der Waals surface area contributed by atoms with Crippen molar-refractivity contribution in [3.05, 3.63) is 24.5 Å². The van der Waals surface area contributed by atoms with Gasteiger partial charge in [-0.3, -0.25) is 4.98 Å². The molecule has 0 radical (unpaired) electrons. The Morgan fingerprint density at radius 3 is 2.67 bits per heavy atom. The van der Waals surface area contributed by atoms with Gasteiger partial charge in [0.25, 0.3) is 0 Å². The molecule has 1 atom stereocenters. The minimum absolute atomic E-state index is 0. The van der Waals surface area contributed by atoms with Crippen LogP contribution in [-0.4, -0.2) is 24.1 Å². The summed E-state index contributed by atoms with van der Waals surface area (Å²) in [5, 5.41) is 2.96. The number of pyridine rings is 1. The van der Waals surface area contributed by atoms with Gasteiger partial charge in [0.15, 0.2) is 0 Å². The molecule has 86 valence electrons. The van der Waals surface area contributed by atoms with Gasteiger partial charge < -0.3 is 10.1 Å². The van der Waals surface area contributed by atoms with E-state index in [1.54, 1.807) is 25.4 Å². The molecule has 1 aromatic heterocycles. The number of halogens is 2. The smallest absolute Gasteiger partial charge is 0.327 e. The number of hydrogen-bond acceptors (Lipinski definition) is 4. The van der Waals surface area contributed by atoms with Gasteiger partial charge in [-0.05, 0) is 19.1 Å². The zero-order chi connectivity index (χ0) is 9.68. The van der Waals surface area contributed by atoms with E-state index in [1.807, 2.05) is 6.07 Å². The maximum absolute atomic E-state index is 11.0. The molecule has 4 nitrogen and oxygen atoms in total. The molecule has 0 saturated carbocycles. The van der Waals surface area contributed by atoms with Crippen LogP contribution in [0.5, 0.6) is 0 Å². The molecule has 0 bridgehead atoms. The van der Waals surface area contributed by atoms with Crippen molar-refractivity contribution in [2.45, 2.75) is 13.0 Å². The Labute approximate surface area is 101 Å². The third kappa shape index (κ3) is 5.44. The molecule has 1 unspecified atom stereocenters. The van der Waals surface area contributed by atoms with Crippen molar-refractivity contribution in [1.29, 1.82) is 0 Å². The predicted molar refractivity (Wildman–Crippen MR) is 63.8 cm³/mol. The number of carbonyl (C=O) groups excluding carboxylic acids is 1. The summed E-state index contributed by atoms with van der Waals surface area (Å²) in [6.45, 7) is 1.73. The molecule has 0 spiro atoms. The molecule has 0 amide bonds. The summed E-state index contributed by atoms with van der Waals surface area (Å²) < 4.78 is 4.56. The Bertz CT molecular complexity index is 283. The first-order chi connectivity index (χ1) is 6.24. The second kappa shape index (κ2) is 8.32. The lowest BCUT2D eigenvalue weighted by Crippen LogP contribution is -2.27. The lowest BCUT2D eigenvalue weighted by molar-refractivity contribution is -0.141. The molecule has 15 heavy (non-hydrogen) atoms. The van der Waals surface area contributed by atoms with Crippen LogP contribution in [0.3, 0.4) is 0 Å². The van der Waals surface area contributed by atoms with Crippen LogP contribution in [0.2, 0.25) is 0 Å². The summed E-state index contributed by atoms with van der Waals surface area (Å²) >= 11 is 0. The number of hydrogen-bond donors (Lipinski definition) is 1. The zero-order valence-electron chi connectivity index (χ0n) is 8.47. The van der Waals surface area contributed by atoms with E-state index in [4.69, 9.17) is 0 Å². The first kappa shape index (κ1) is 16.4. The van der Waals surface area contributed by atoms with E-state index in [0.717, 1.165) is 5.69 Å². The number of aromatic nitrogens is 1. The fraction of sp³-hybridized carbons (Fsp3) is 0.333. The highest BCUT2D eigenvalue weighted by Crippen LogP contribution is 2.05. The van der Waals surface area contributed by atoms with Crippen LogP contribution in [0.15, 0.2) is 24.5 Å². The predicted octanol–water partition coefficient (Wildman–Crippen LogP) is 1.90. The molecule has 1 aromatic rings. The third-order valence-electron chi connectivity index (χ3n) is 1.60. The largest absolute Gasteiger partial charge is 0.467 e. The van der Waals surface area contributed by atoms with Crippen molar-refractivity contribution in [2.24, 2.45) is 0 Å². The van der Waals surface area contributed by atoms with E-state index in [1.165, 1.54) is 7.11 Å². The molecule has 1 rings (SSSR count). The van der Waals surface area contributed by atoms with Crippen molar-refractivity contribution in [3.8, 4) is 0 Å². The van der Waals surface area contributed by atoms with Gasteiger partial charge in [0.1, 0.15) is 6.04 Å². The Balaban J connectivity index is 0. The van der Waals surface area contributed by atoms with Crippen LogP contribution in [0.4, 0.5) is 5.69 Å². The summed E-state index contributed by atoms with van der Waals surface area (Å²) in [4.78, 5) is 14.9. The van der Waals surface area contributed by atoms with Crippen molar-refractivity contribution in [3.63, 3.8) is 0 Å². The van der Waals surface area contributed by atoms with Gasteiger partial charge in [0.05, 0.1) is 12.8 Å². The molecule has 0 aliphatic heterocycles. The van der Waals surface area contributed by atoms with Gasteiger partial charge in [-0.1, -0.05) is 0 Å². The maximum Gasteiger partial charge on any atom is 0.327 e. The van der Waals surface area contributed by atoms with Crippen molar-refractivity contribution in [2.75, 3.05) is 12.4 Å². The second-order valence-electron chi connectivity index (χ2n) is 2.63. The lowest BCUT2D eigenvalue weighted by atomic mass is 10.3. The Hall–Kier alpha value is -1.00. The number of nitrogens with zero attached hydrogens (tertiary/aromatic N) is 1. The van der Waals surface area contributed by atoms with E-state index in [9.17, 15) is 4.79 Å². The topological polar surface area (TPSA) is 51.2 Å². The molecule has 6 heteroatoms. The summed E-state index contributed by atoms with van der Waals surface area (Å²) in [5.74, 6) is -0.288. The number of carbonyl (C=O) groups is 1. The highest BCUT2D eigenvalue weighted by atomic mass is 35.5. The molecule has 0 saturated heterocycles. The molecular weight excluding hydrogens is 239 g/mol. The number of esters is 1. The normalized spacial score (nSPS) is 10.3. The highest BCUT2D eigenvalue weighted by Gasteiger charge is 2.11. The summed E-state index contributed by atoms with van der Waals surface area (Å²) in [6, 6.07) is 3.29. The van der Waals surface area contributed by atoms with Crippen LogP contribution in [0, 0.1) is 0 Å². The Morgan fingerprint density at radius 1 is 1.53 bits per heavy atom. The standard InChI is InChI=1S/C9H12N2O2.2ClH/c1-7(9(12)13-2)11-8-4-3-5-10-6-8;;/h3-7,11H,1-2H3;2*1H. The van der Waals surface area contributed by atoms with E-state index in [0.29, 0.717) is 0 Å².